The highest BCUT2D eigenvalue weighted by molar-refractivity contribution is 5.96. The molecule has 3 rings (SSSR count). The zero-order chi connectivity index (χ0) is 17.6. The van der Waals surface area contributed by atoms with Crippen LogP contribution in [0.3, 0.4) is 0 Å². The van der Waals surface area contributed by atoms with Crippen molar-refractivity contribution in [2.24, 2.45) is 11.3 Å². The van der Waals surface area contributed by atoms with Crippen LogP contribution >= 0.6 is 0 Å². The fourth-order valence-electron chi connectivity index (χ4n) is 3.42. The molecule has 1 aliphatic heterocycles. The molecule has 0 radical (unpaired) electrons. The van der Waals surface area contributed by atoms with Crippen LogP contribution in [0.15, 0.2) is 41.6 Å². The molecule has 1 saturated heterocycles. The molecule has 1 atom stereocenters. The Morgan fingerprint density at radius 2 is 2.17 bits per heavy atom. The number of carbonyl (C=O) groups is 2. The number of carbonyl (C=O) groups excluding carboxylic acids is 2. The average molecular weight is 329 g/mol. The number of nitrogens with one attached hydrogen (secondary N) is 1. The summed E-state index contributed by atoms with van der Waals surface area (Å²) in [5.74, 6) is -1.25. The second kappa shape index (κ2) is 5.54. The Kier molecular flexibility index (Phi) is 3.78. The molecular formula is C18H20FN3O2. The summed E-state index contributed by atoms with van der Waals surface area (Å²) in [6.45, 7) is 5.44. The topological polar surface area (TPSA) is 62.3 Å². The highest BCUT2D eigenvalue weighted by Crippen LogP contribution is 2.49. The highest BCUT2D eigenvalue weighted by atomic mass is 19.1. The number of aromatic nitrogens is 1. The van der Waals surface area contributed by atoms with Gasteiger partial charge in [-0.05, 0) is 25.5 Å². The number of aryl methyl sites for hydroxylation is 1. The van der Waals surface area contributed by atoms with Crippen molar-refractivity contribution in [3.05, 3.63) is 52.9 Å². The van der Waals surface area contributed by atoms with Gasteiger partial charge < -0.3 is 10.2 Å². The van der Waals surface area contributed by atoms with E-state index in [-0.39, 0.29) is 17.5 Å². The molecule has 1 aromatic rings. The second-order valence-corrected chi connectivity index (χ2v) is 6.83. The van der Waals surface area contributed by atoms with Crippen molar-refractivity contribution in [1.29, 1.82) is 0 Å². The third-order valence-electron chi connectivity index (χ3n) is 4.84. The fourth-order valence-corrected chi connectivity index (χ4v) is 3.42. The molecule has 0 saturated carbocycles. The lowest BCUT2D eigenvalue weighted by molar-refractivity contribution is -0.133. The second-order valence-electron chi connectivity index (χ2n) is 6.83. The van der Waals surface area contributed by atoms with Gasteiger partial charge in [-0.1, -0.05) is 19.9 Å². The third kappa shape index (κ3) is 2.42. The maximum atomic E-state index is 14.9. The van der Waals surface area contributed by atoms with E-state index in [2.05, 4.69) is 10.3 Å². The first-order chi connectivity index (χ1) is 11.2. The van der Waals surface area contributed by atoms with Crippen LogP contribution in [-0.4, -0.2) is 28.7 Å². The zero-order valence-electron chi connectivity index (χ0n) is 14.2. The number of nitrogens with zero attached hydrogens (tertiary/aromatic N) is 2. The van der Waals surface area contributed by atoms with Crippen molar-refractivity contribution in [1.82, 2.24) is 15.2 Å². The van der Waals surface area contributed by atoms with E-state index in [1.165, 1.54) is 11.1 Å². The van der Waals surface area contributed by atoms with Crippen LogP contribution in [0.1, 0.15) is 36.3 Å². The number of allylic oxidation sites excluding steroid dienone is 3. The van der Waals surface area contributed by atoms with Gasteiger partial charge in [0.2, 0.25) is 5.91 Å². The van der Waals surface area contributed by atoms with E-state index in [9.17, 15) is 14.0 Å². The maximum absolute atomic E-state index is 14.9. The Balaban J connectivity index is 1.88. The maximum Gasteiger partial charge on any atom is 0.255 e. The molecule has 1 N–H and O–H groups in total. The standard InChI is InChI=1S/C18H20FN3O2/c1-10-9-11(7-8-20-10)16(23)21-13-6-5-12-15(14(13)19)22(4)17(24)18(12,2)3/h6-9,12H,5H2,1-4H3,(H,21,23). The first kappa shape index (κ1) is 16.4. The van der Waals surface area contributed by atoms with Gasteiger partial charge in [-0.15, -0.1) is 0 Å². The van der Waals surface area contributed by atoms with Gasteiger partial charge in [0.25, 0.3) is 5.91 Å². The van der Waals surface area contributed by atoms with Gasteiger partial charge in [-0.2, -0.15) is 0 Å². The van der Waals surface area contributed by atoms with Crippen molar-refractivity contribution in [2.45, 2.75) is 27.2 Å². The minimum atomic E-state index is -0.643. The number of fused-ring (bicyclic) bond motifs is 1. The number of pyridine rings is 1. The Bertz CT molecular complexity index is 795. The molecule has 1 unspecified atom stereocenters. The van der Waals surface area contributed by atoms with Crippen LogP contribution in [0.5, 0.6) is 0 Å². The van der Waals surface area contributed by atoms with Gasteiger partial charge in [0, 0.05) is 30.4 Å². The first-order valence-corrected chi connectivity index (χ1v) is 7.86. The highest BCUT2D eigenvalue weighted by Gasteiger charge is 2.51. The number of halogens is 1. The van der Waals surface area contributed by atoms with E-state index in [1.54, 1.807) is 32.2 Å². The number of hydrogen-bond donors (Lipinski definition) is 1. The summed E-state index contributed by atoms with van der Waals surface area (Å²) in [6.07, 6.45) is 3.71. The van der Waals surface area contributed by atoms with Crippen molar-refractivity contribution in [3.8, 4) is 0 Å². The number of likely N-dealkylation sites (tertiary alicyclic amines) is 1. The van der Waals surface area contributed by atoms with Crippen LogP contribution in [0, 0.1) is 18.3 Å². The van der Waals surface area contributed by atoms with Crippen molar-refractivity contribution in [2.75, 3.05) is 7.05 Å². The molecule has 5 nitrogen and oxygen atoms in total. The minimum Gasteiger partial charge on any atom is -0.320 e. The van der Waals surface area contributed by atoms with E-state index in [1.807, 2.05) is 13.8 Å². The van der Waals surface area contributed by atoms with Gasteiger partial charge in [-0.25, -0.2) is 4.39 Å². The van der Waals surface area contributed by atoms with E-state index in [0.717, 1.165) is 0 Å². The molecule has 6 heteroatoms. The quantitative estimate of drug-likeness (QED) is 0.907. The van der Waals surface area contributed by atoms with Crippen LogP contribution in [0.25, 0.3) is 0 Å². The smallest absolute Gasteiger partial charge is 0.255 e. The summed E-state index contributed by atoms with van der Waals surface area (Å²) < 4.78 is 14.9. The molecule has 0 bridgehead atoms. The van der Waals surface area contributed by atoms with Gasteiger partial charge >= 0.3 is 0 Å². The van der Waals surface area contributed by atoms with Crippen LogP contribution in [0.4, 0.5) is 4.39 Å². The number of amides is 2. The van der Waals surface area contributed by atoms with Gasteiger partial charge in [0.15, 0.2) is 5.83 Å². The Labute approximate surface area is 140 Å². The lowest BCUT2D eigenvalue weighted by atomic mass is 9.76. The molecule has 2 aliphatic rings. The van der Waals surface area contributed by atoms with Crippen LogP contribution in [0.2, 0.25) is 0 Å². The van der Waals surface area contributed by atoms with Crippen molar-refractivity contribution >= 4 is 11.8 Å². The molecular weight excluding hydrogens is 309 g/mol. The van der Waals surface area contributed by atoms with Crippen molar-refractivity contribution < 1.29 is 14.0 Å². The van der Waals surface area contributed by atoms with Gasteiger partial charge in [0.05, 0.1) is 16.8 Å². The minimum absolute atomic E-state index is 0.108. The van der Waals surface area contributed by atoms with E-state index < -0.39 is 17.1 Å². The Morgan fingerprint density at radius 1 is 1.46 bits per heavy atom. The zero-order valence-corrected chi connectivity index (χ0v) is 14.2. The third-order valence-corrected chi connectivity index (χ3v) is 4.84. The summed E-state index contributed by atoms with van der Waals surface area (Å²) in [6, 6.07) is 3.22. The molecule has 0 spiro atoms. The van der Waals surface area contributed by atoms with Crippen molar-refractivity contribution in [3.63, 3.8) is 0 Å². The molecule has 2 amide bonds. The predicted molar refractivity (Wildman–Crippen MR) is 87.3 cm³/mol. The van der Waals surface area contributed by atoms with E-state index in [4.69, 9.17) is 0 Å². The van der Waals surface area contributed by atoms with E-state index >= 15 is 0 Å². The lowest BCUT2D eigenvalue weighted by Crippen LogP contribution is -2.29. The number of hydrogen-bond acceptors (Lipinski definition) is 3. The largest absolute Gasteiger partial charge is 0.320 e. The normalized spacial score (nSPS) is 22.4. The molecule has 0 aromatic carbocycles. The molecule has 24 heavy (non-hydrogen) atoms. The van der Waals surface area contributed by atoms with Gasteiger partial charge in [-0.3, -0.25) is 14.6 Å². The first-order valence-electron chi connectivity index (χ1n) is 7.86. The van der Waals surface area contributed by atoms with Gasteiger partial charge in [0.1, 0.15) is 0 Å². The van der Waals surface area contributed by atoms with Crippen LogP contribution < -0.4 is 5.32 Å². The monoisotopic (exact) mass is 329 g/mol. The van der Waals surface area contributed by atoms with Crippen LogP contribution in [-0.2, 0) is 4.79 Å². The SMILES string of the molecule is Cc1cc(C(=O)NC2=CCC3C(=C2F)N(C)C(=O)C3(C)C)ccn1. The molecule has 2 heterocycles. The summed E-state index contributed by atoms with van der Waals surface area (Å²) in [5.41, 5.74) is 0.962. The predicted octanol–water partition coefficient (Wildman–Crippen LogP) is 2.70. The lowest BCUT2D eigenvalue weighted by Gasteiger charge is -2.26. The summed E-state index contributed by atoms with van der Waals surface area (Å²) in [4.78, 5) is 30.1. The molecule has 126 valence electrons. The number of rotatable bonds is 2. The summed E-state index contributed by atoms with van der Waals surface area (Å²) >= 11 is 0. The fraction of sp³-hybridized carbons (Fsp3) is 0.389. The molecule has 1 fully saturated rings. The summed E-state index contributed by atoms with van der Waals surface area (Å²) in [5, 5.41) is 2.61. The Morgan fingerprint density at radius 3 is 2.83 bits per heavy atom. The summed E-state index contributed by atoms with van der Waals surface area (Å²) in [7, 11) is 1.58. The Hall–Kier alpha value is -2.50. The van der Waals surface area contributed by atoms with E-state index in [0.29, 0.717) is 23.4 Å². The molecule has 1 aromatic heterocycles. The molecule has 1 aliphatic carbocycles. The average Bonchev–Trinajstić information content (AvgIpc) is 2.71.